The van der Waals surface area contributed by atoms with Gasteiger partial charge in [0.15, 0.2) is 0 Å². The number of rotatable bonds is 5. The number of hydrogen-bond donors (Lipinski definition) is 1. The molecule has 0 saturated carbocycles. The van der Waals surface area contributed by atoms with E-state index in [1.165, 1.54) is 7.11 Å². The summed E-state index contributed by atoms with van der Waals surface area (Å²) < 4.78 is 4.45. The molecule has 5 heteroatoms. The number of methoxy groups -OCH3 is 1. The topological polar surface area (TPSA) is 68.3 Å². The molecule has 0 fully saturated rings. The Morgan fingerprint density at radius 2 is 2.00 bits per heavy atom. The first-order valence-corrected chi connectivity index (χ1v) is 6.37. The van der Waals surface area contributed by atoms with Crippen molar-refractivity contribution in [1.29, 1.82) is 0 Å². The van der Waals surface area contributed by atoms with Crippen LogP contribution in [-0.4, -0.2) is 30.5 Å². The highest BCUT2D eigenvalue weighted by Crippen LogP contribution is 2.12. The normalized spacial score (nSPS) is 10.2. The second-order valence-corrected chi connectivity index (χ2v) is 4.35. The second-order valence-electron chi connectivity index (χ2n) is 4.35. The number of fused-ring (bicyclic) bond motifs is 1. The van der Waals surface area contributed by atoms with Crippen LogP contribution < -0.4 is 5.32 Å². The van der Waals surface area contributed by atoms with Crippen LogP contribution in [0.5, 0.6) is 0 Å². The largest absolute Gasteiger partial charge is 0.468 e. The summed E-state index contributed by atoms with van der Waals surface area (Å²) in [6.07, 6.45) is 0.834. The first kappa shape index (κ1) is 14.0. The quantitative estimate of drug-likeness (QED) is 0.837. The highest BCUT2D eigenvalue weighted by Gasteiger charge is 2.06. The van der Waals surface area contributed by atoms with Crippen molar-refractivity contribution >= 4 is 22.8 Å². The number of hydrogen-bond acceptors (Lipinski definition) is 4. The van der Waals surface area contributed by atoms with E-state index >= 15 is 0 Å². The molecule has 0 aliphatic heterocycles. The number of nitrogens with zero attached hydrogens (tertiary/aromatic N) is 1. The molecule has 5 nitrogen and oxygen atoms in total. The van der Waals surface area contributed by atoms with Gasteiger partial charge in [-0.25, -0.2) is 0 Å². The maximum Gasteiger partial charge on any atom is 0.325 e. The molecule has 20 heavy (non-hydrogen) atoms. The molecular formula is C15H16N2O3. The summed E-state index contributed by atoms with van der Waals surface area (Å²) in [5, 5.41) is 3.57. The number of carbonyl (C=O) groups is 2. The van der Waals surface area contributed by atoms with Crippen LogP contribution >= 0.6 is 0 Å². The number of nitrogens with one attached hydrogen (secondary N) is 1. The number of para-hydroxylation sites is 1. The van der Waals surface area contributed by atoms with Crippen molar-refractivity contribution in [1.82, 2.24) is 10.3 Å². The molecule has 1 aromatic heterocycles. The van der Waals surface area contributed by atoms with Crippen molar-refractivity contribution < 1.29 is 14.3 Å². The van der Waals surface area contributed by atoms with E-state index in [-0.39, 0.29) is 12.5 Å². The van der Waals surface area contributed by atoms with Gasteiger partial charge in [0, 0.05) is 17.5 Å². The van der Waals surface area contributed by atoms with Gasteiger partial charge in [0.1, 0.15) is 6.54 Å². The van der Waals surface area contributed by atoms with E-state index in [9.17, 15) is 9.59 Å². The molecule has 0 unspecified atom stereocenters. The molecule has 0 radical (unpaired) electrons. The molecule has 1 N–H and O–H groups in total. The molecule has 0 bridgehead atoms. The van der Waals surface area contributed by atoms with Crippen molar-refractivity contribution in [2.45, 2.75) is 12.8 Å². The summed E-state index contributed by atoms with van der Waals surface area (Å²) in [6.45, 7) is -0.0967. The number of esters is 1. The third kappa shape index (κ3) is 3.78. The molecular weight excluding hydrogens is 256 g/mol. The van der Waals surface area contributed by atoms with E-state index < -0.39 is 5.97 Å². The summed E-state index contributed by atoms with van der Waals surface area (Å²) in [6, 6.07) is 11.7. The van der Waals surface area contributed by atoms with Crippen LogP contribution in [0.15, 0.2) is 36.4 Å². The van der Waals surface area contributed by atoms with Gasteiger partial charge in [-0.1, -0.05) is 24.3 Å². The first-order chi connectivity index (χ1) is 9.69. The van der Waals surface area contributed by atoms with Crippen LogP contribution in [0.1, 0.15) is 12.1 Å². The third-order valence-electron chi connectivity index (χ3n) is 2.92. The van der Waals surface area contributed by atoms with E-state index in [0.717, 1.165) is 16.6 Å². The fraction of sp³-hybridized carbons (Fsp3) is 0.267. The number of aryl methyl sites for hydroxylation is 1. The highest BCUT2D eigenvalue weighted by molar-refractivity contribution is 5.82. The van der Waals surface area contributed by atoms with Gasteiger partial charge >= 0.3 is 5.97 Å². The minimum Gasteiger partial charge on any atom is -0.468 e. The van der Waals surface area contributed by atoms with Gasteiger partial charge in [0.05, 0.1) is 12.6 Å². The lowest BCUT2D eigenvalue weighted by Crippen LogP contribution is -2.30. The van der Waals surface area contributed by atoms with E-state index in [4.69, 9.17) is 0 Å². The summed E-state index contributed by atoms with van der Waals surface area (Å²) >= 11 is 0. The number of pyridine rings is 1. The van der Waals surface area contributed by atoms with Gasteiger partial charge in [-0.15, -0.1) is 0 Å². The monoisotopic (exact) mass is 272 g/mol. The lowest BCUT2D eigenvalue weighted by molar-refractivity contribution is -0.141. The number of ether oxygens (including phenoxy) is 1. The Kier molecular flexibility index (Phi) is 4.65. The predicted molar refractivity (Wildman–Crippen MR) is 75.1 cm³/mol. The molecule has 104 valence electrons. The third-order valence-corrected chi connectivity index (χ3v) is 2.92. The fourth-order valence-corrected chi connectivity index (χ4v) is 1.82. The Morgan fingerprint density at radius 3 is 2.80 bits per heavy atom. The molecule has 0 atom stereocenters. The molecule has 0 aliphatic carbocycles. The van der Waals surface area contributed by atoms with Gasteiger partial charge in [0.25, 0.3) is 0 Å². The molecule has 0 saturated heterocycles. The van der Waals surface area contributed by atoms with Crippen molar-refractivity contribution in [2.24, 2.45) is 0 Å². The summed E-state index contributed by atoms with van der Waals surface area (Å²) in [4.78, 5) is 26.9. The maximum atomic E-state index is 11.6. The lowest BCUT2D eigenvalue weighted by Gasteiger charge is -2.04. The number of aromatic nitrogens is 1. The molecule has 0 spiro atoms. The van der Waals surface area contributed by atoms with Gasteiger partial charge in [-0.05, 0) is 18.6 Å². The van der Waals surface area contributed by atoms with E-state index in [2.05, 4.69) is 15.0 Å². The summed E-state index contributed by atoms with van der Waals surface area (Å²) in [5.41, 5.74) is 1.77. The van der Waals surface area contributed by atoms with E-state index in [1.54, 1.807) is 0 Å². The van der Waals surface area contributed by atoms with Crippen LogP contribution in [0.3, 0.4) is 0 Å². The number of benzene rings is 1. The zero-order chi connectivity index (χ0) is 14.4. The second kappa shape index (κ2) is 6.65. The fourth-order valence-electron chi connectivity index (χ4n) is 1.82. The number of amides is 1. The Hall–Kier alpha value is -2.43. The SMILES string of the molecule is COC(=O)CNC(=O)CCc1ccc2ccccc2n1. The van der Waals surface area contributed by atoms with Gasteiger partial charge < -0.3 is 10.1 Å². The van der Waals surface area contributed by atoms with Crippen molar-refractivity contribution in [2.75, 3.05) is 13.7 Å². The molecule has 1 amide bonds. The Morgan fingerprint density at radius 1 is 1.20 bits per heavy atom. The van der Waals surface area contributed by atoms with Gasteiger partial charge in [-0.2, -0.15) is 0 Å². The van der Waals surface area contributed by atoms with Crippen LogP contribution in [0.2, 0.25) is 0 Å². The lowest BCUT2D eigenvalue weighted by atomic mass is 10.1. The van der Waals surface area contributed by atoms with Crippen LogP contribution in [0.4, 0.5) is 0 Å². The zero-order valence-corrected chi connectivity index (χ0v) is 11.3. The average Bonchev–Trinajstić information content (AvgIpc) is 2.50. The summed E-state index contributed by atoms with van der Waals surface area (Å²) in [5.74, 6) is -0.646. The van der Waals surface area contributed by atoms with E-state index in [1.807, 2.05) is 36.4 Å². The molecule has 1 aromatic carbocycles. The average molecular weight is 272 g/mol. The molecule has 2 aromatic rings. The Labute approximate surface area is 117 Å². The predicted octanol–water partition coefficient (Wildman–Crippen LogP) is 1.46. The molecule has 1 heterocycles. The van der Waals surface area contributed by atoms with Crippen molar-refractivity contribution in [3.05, 3.63) is 42.1 Å². The Bertz CT molecular complexity index is 625. The molecule has 2 rings (SSSR count). The van der Waals surface area contributed by atoms with Crippen LogP contribution in [0.25, 0.3) is 10.9 Å². The zero-order valence-electron chi connectivity index (χ0n) is 11.3. The minimum absolute atomic E-state index is 0.0967. The summed E-state index contributed by atoms with van der Waals surface area (Å²) in [7, 11) is 1.29. The van der Waals surface area contributed by atoms with E-state index in [0.29, 0.717) is 12.8 Å². The van der Waals surface area contributed by atoms with Crippen LogP contribution in [0, 0.1) is 0 Å². The van der Waals surface area contributed by atoms with Gasteiger partial charge in [0.2, 0.25) is 5.91 Å². The number of carbonyl (C=O) groups excluding carboxylic acids is 2. The smallest absolute Gasteiger partial charge is 0.325 e. The maximum absolute atomic E-state index is 11.6. The molecule has 0 aliphatic rings. The van der Waals surface area contributed by atoms with Crippen LogP contribution in [-0.2, 0) is 20.7 Å². The highest BCUT2D eigenvalue weighted by atomic mass is 16.5. The van der Waals surface area contributed by atoms with Crippen molar-refractivity contribution in [3.63, 3.8) is 0 Å². The van der Waals surface area contributed by atoms with Gasteiger partial charge in [-0.3, -0.25) is 14.6 Å². The standard InChI is InChI=1S/C15H16N2O3/c1-20-15(19)10-16-14(18)9-8-12-7-6-11-4-2-3-5-13(11)17-12/h2-7H,8-10H2,1H3,(H,16,18). The first-order valence-electron chi connectivity index (χ1n) is 6.37. The Balaban J connectivity index is 1.89. The van der Waals surface area contributed by atoms with Crippen molar-refractivity contribution in [3.8, 4) is 0 Å². The minimum atomic E-state index is -0.456.